The normalized spacial score (nSPS) is 19.4. The molecule has 0 saturated heterocycles. The Morgan fingerprint density at radius 3 is 2.67 bits per heavy atom. The van der Waals surface area contributed by atoms with E-state index in [1.54, 1.807) is 6.33 Å². The average molecular weight is 408 g/mol. The second-order valence-corrected chi connectivity index (χ2v) is 8.70. The Labute approximate surface area is 178 Å². The predicted molar refractivity (Wildman–Crippen MR) is 124 cm³/mol. The first-order valence-electron chi connectivity index (χ1n) is 11.1. The number of aromatic amines is 1. The van der Waals surface area contributed by atoms with Gasteiger partial charge in [0.05, 0.1) is 11.4 Å². The molecule has 1 aliphatic carbocycles. The van der Waals surface area contributed by atoms with Crippen molar-refractivity contribution >= 4 is 22.5 Å². The molecule has 0 bridgehead atoms. The molecule has 160 valence electrons. The van der Waals surface area contributed by atoms with Crippen LogP contribution in [0.4, 0.5) is 11.5 Å². The van der Waals surface area contributed by atoms with Crippen LogP contribution in [0.5, 0.6) is 0 Å². The first kappa shape index (κ1) is 20.6. The van der Waals surface area contributed by atoms with E-state index in [-0.39, 0.29) is 0 Å². The summed E-state index contributed by atoms with van der Waals surface area (Å²) in [6, 6.07) is 5.29. The van der Waals surface area contributed by atoms with Gasteiger partial charge in [0.2, 0.25) is 0 Å². The molecule has 0 unspecified atom stereocenters. The molecule has 7 heteroatoms. The van der Waals surface area contributed by atoms with Gasteiger partial charge in [-0.1, -0.05) is 13.3 Å². The number of anilines is 2. The van der Waals surface area contributed by atoms with Crippen LogP contribution in [0.1, 0.15) is 58.6 Å². The van der Waals surface area contributed by atoms with Crippen LogP contribution in [0, 0.1) is 0 Å². The van der Waals surface area contributed by atoms with Crippen molar-refractivity contribution in [2.75, 3.05) is 10.6 Å². The molecule has 5 N–H and O–H groups in total. The zero-order chi connectivity index (χ0) is 21.1. The minimum absolute atomic E-state index is 0.304. The van der Waals surface area contributed by atoms with Crippen LogP contribution in [0.25, 0.3) is 22.3 Å². The van der Waals surface area contributed by atoms with Crippen molar-refractivity contribution in [1.82, 2.24) is 19.9 Å². The van der Waals surface area contributed by atoms with Crippen molar-refractivity contribution in [2.45, 2.75) is 77.4 Å². The van der Waals surface area contributed by atoms with E-state index in [1.165, 1.54) is 5.69 Å². The van der Waals surface area contributed by atoms with Crippen molar-refractivity contribution in [1.29, 1.82) is 0 Å². The third-order valence-electron chi connectivity index (χ3n) is 5.73. The van der Waals surface area contributed by atoms with Gasteiger partial charge in [0.15, 0.2) is 0 Å². The number of nitrogens with zero attached hydrogens (tertiary/aromatic N) is 3. The van der Waals surface area contributed by atoms with Crippen molar-refractivity contribution in [3.63, 3.8) is 0 Å². The highest BCUT2D eigenvalue weighted by Gasteiger charge is 2.22. The smallest absolute Gasteiger partial charge is 0.139 e. The lowest BCUT2D eigenvalue weighted by atomic mass is 9.91. The molecular formula is C23H33N7. The van der Waals surface area contributed by atoms with E-state index in [9.17, 15) is 0 Å². The molecule has 0 atom stereocenters. The largest absolute Gasteiger partial charge is 0.381 e. The van der Waals surface area contributed by atoms with E-state index >= 15 is 0 Å². The highest BCUT2D eigenvalue weighted by Crippen LogP contribution is 2.36. The van der Waals surface area contributed by atoms with E-state index in [0.717, 1.165) is 72.3 Å². The zero-order valence-corrected chi connectivity index (χ0v) is 18.2. The Morgan fingerprint density at radius 2 is 1.93 bits per heavy atom. The molecule has 0 aromatic carbocycles. The van der Waals surface area contributed by atoms with Crippen LogP contribution >= 0.6 is 0 Å². The summed E-state index contributed by atoms with van der Waals surface area (Å²) in [5, 5.41) is 8.33. The summed E-state index contributed by atoms with van der Waals surface area (Å²) < 4.78 is 0. The second-order valence-electron chi connectivity index (χ2n) is 8.70. The molecule has 3 aromatic rings. The van der Waals surface area contributed by atoms with Crippen LogP contribution in [0.2, 0.25) is 0 Å². The topological polar surface area (TPSA) is 105 Å². The Kier molecular flexibility index (Phi) is 6.18. The molecule has 0 amide bonds. The highest BCUT2D eigenvalue weighted by molar-refractivity contribution is 5.98. The van der Waals surface area contributed by atoms with Gasteiger partial charge in [-0.25, -0.2) is 15.0 Å². The predicted octanol–water partition coefficient (Wildman–Crippen LogP) is 4.47. The first-order valence-corrected chi connectivity index (χ1v) is 11.1. The molecule has 1 fully saturated rings. The fraction of sp³-hybridized carbons (Fsp3) is 0.522. The number of nitrogens with one attached hydrogen (secondary N) is 3. The molecule has 1 aliphatic rings. The third kappa shape index (κ3) is 4.56. The van der Waals surface area contributed by atoms with Gasteiger partial charge in [0.25, 0.3) is 0 Å². The number of H-pyrrole nitrogens is 1. The maximum absolute atomic E-state index is 6.13. The molecule has 30 heavy (non-hydrogen) atoms. The standard InChI is InChI=1S/C23H33N7/c1-4-5-17-10-18-22(29-16-8-6-15(24)7-9-16)19(12-25-23(18)30-17)20-11-21(27-13-26-20)28-14(2)3/h10-16H,4-9,24H2,1-3H3,(H2,25,29,30)(H,26,27,28)/t15-,16-. The van der Waals surface area contributed by atoms with Crippen molar-refractivity contribution in [2.24, 2.45) is 5.73 Å². The summed E-state index contributed by atoms with van der Waals surface area (Å²) in [4.78, 5) is 17.1. The third-order valence-corrected chi connectivity index (χ3v) is 5.73. The number of hydrogen-bond acceptors (Lipinski definition) is 6. The quantitative estimate of drug-likeness (QED) is 0.460. The number of aryl methyl sites for hydroxylation is 1. The average Bonchev–Trinajstić information content (AvgIpc) is 3.13. The van der Waals surface area contributed by atoms with Crippen LogP contribution < -0.4 is 16.4 Å². The molecule has 0 aliphatic heterocycles. The van der Waals surface area contributed by atoms with Crippen LogP contribution in [0.15, 0.2) is 24.7 Å². The molecule has 0 radical (unpaired) electrons. The minimum Gasteiger partial charge on any atom is -0.381 e. The van der Waals surface area contributed by atoms with E-state index in [1.807, 2.05) is 12.3 Å². The Morgan fingerprint density at radius 1 is 1.13 bits per heavy atom. The Balaban J connectivity index is 1.76. The summed E-state index contributed by atoms with van der Waals surface area (Å²) >= 11 is 0. The van der Waals surface area contributed by atoms with Crippen molar-refractivity contribution < 1.29 is 0 Å². The van der Waals surface area contributed by atoms with Gasteiger partial charge < -0.3 is 21.4 Å². The molecule has 0 spiro atoms. The van der Waals surface area contributed by atoms with Crippen LogP contribution in [-0.2, 0) is 6.42 Å². The SMILES string of the molecule is CCCc1cc2c(N[C@H]3CC[C@H](N)CC3)c(-c3cc(NC(C)C)ncn3)cnc2[nH]1. The van der Waals surface area contributed by atoms with Gasteiger partial charge in [0.1, 0.15) is 17.8 Å². The van der Waals surface area contributed by atoms with Crippen LogP contribution in [-0.4, -0.2) is 38.1 Å². The summed E-state index contributed by atoms with van der Waals surface area (Å²) in [5.74, 6) is 0.824. The zero-order valence-electron chi connectivity index (χ0n) is 18.2. The monoisotopic (exact) mass is 407 g/mol. The maximum Gasteiger partial charge on any atom is 0.139 e. The van der Waals surface area contributed by atoms with Crippen molar-refractivity contribution in [3.05, 3.63) is 30.4 Å². The summed E-state index contributed by atoms with van der Waals surface area (Å²) in [6.07, 6.45) is 9.94. The van der Waals surface area contributed by atoms with Gasteiger partial charge in [0, 0.05) is 47.0 Å². The van der Waals surface area contributed by atoms with Gasteiger partial charge >= 0.3 is 0 Å². The highest BCUT2D eigenvalue weighted by atomic mass is 15.0. The van der Waals surface area contributed by atoms with E-state index in [4.69, 9.17) is 10.7 Å². The molecule has 1 saturated carbocycles. The second kappa shape index (κ2) is 9.00. The number of pyridine rings is 1. The minimum atomic E-state index is 0.304. The fourth-order valence-corrected chi connectivity index (χ4v) is 4.23. The Bertz CT molecular complexity index is 986. The van der Waals surface area contributed by atoms with E-state index in [0.29, 0.717) is 18.1 Å². The van der Waals surface area contributed by atoms with E-state index in [2.05, 4.69) is 52.4 Å². The Hall–Kier alpha value is -2.67. The number of nitrogens with two attached hydrogens (primary N) is 1. The molecular weight excluding hydrogens is 374 g/mol. The molecule has 4 rings (SSSR count). The molecule has 3 heterocycles. The van der Waals surface area contributed by atoms with Gasteiger partial charge in [-0.3, -0.25) is 0 Å². The summed E-state index contributed by atoms with van der Waals surface area (Å²) in [6.45, 7) is 6.40. The van der Waals surface area contributed by atoms with Gasteiger partial charge in [-0.2, -0.15) is 0 Å². The van der Waals surface area contributed by atoms with E-state index < -0.39 is 0 Å². The summed E-state index contributed by atoms with van der Waals surface area (Å²) in [5.41, 5.74) is 11.3. The number of aromatic nitrogens is 4. The number of hydrogen-bond donors (Lipinski definition) is 4. The number of fused-ring (bicyclic) bond motifs is 1. The van der Waals surface area contributed by atoms with Crippen LogP contribution in [0.3, 0.4) is 0 Å². The summed E-state index contributed by atoms with van der Waals surface area (Å²) in [7, 11) is 0. The van der Waals surface area contributed by atoms with Gasteiger partial charge in [-0.15, -0.1) is 0 Å². The lowest BCUT2D eigenvalue weighted by Gasteiger charge is -2.28. The number of rotatable bonds is 7. The van der Waals surface area contributed by atoms with Crippen molar-refractivity contribution in [3.8, 4) is 11.3 Å². The fourth-order valence-electron chi connectivity index (χ4n) is 4.23. The lowest BCUT2D eigenvalue weighted by Crippen LogP contribution is -2.33. The van der Waals surface area contributed by atoms with Gasteiger partial charge in [-0.05, 0) is 52.0 Å². The lowest BCUT2D eigenvalue weighted by molar-refractivity contribution is 0.411. The maximum atomic E-state index is 6.13. The molecule has 7 nitrogen and oxygen atoms in total. The molecule has 3 aromatic heterocycles. The first-order chi connectivity index (χ1) is 14.5.